The van der Waals surface area contributed by atoms with Crippen LogP contribution in [0.1, 0.15) is 49.2 Å². The van der Waals surface area contributed by atoms with Crippen molar-refractivity contribution < 1.29 is 22.8 Å². The summed E-state index contributed by atoms with van der Waals surface area (Å²) >= 11 is 0. The molecule has 0 aliphatic carbocycles. The minimum Gasteiger partial charge on any atom is -0.350 e. The predicted octanol–water partition coefficient (Wildman–Crippen LogP) is 2.47. The van der Waals surface area contributed by atoms with Crippen LogP contribution < -0.4 is 5.32 Å². The van der Waals surface area contributed by atoms with Crippen molar-refractivity contribution in [1.29, 1.82) is 0 Å². The van der Waals surface area contributed by atoms with Crippen molar-refractivity contribution in [3.63, 3.8) is 0 Å². The molecule has 3 amide bonds. The van der Waals surface area contributed by atoms with Crippen LogP contribution in [0.15, 0.2) is 53.4 Å². The molecule has 3 rings (SSSR count). The summed E-state index contributed by atoms with van der Waals surface area (Å²) in [7, 11) is -4.14. The SMILES string of the molecule is Cc1cccc(CN(C(=O)CN2C(=O)c3ccccc3S2(=O)=O)[C@@H](C)C(=O)NC(C)(C)C)c1. The molecule has 9 heteroatoms. The number of fused-ring (bicyclic) bond motifs is 1. The van der Waals surface area contributed by atoms with Crippen LogP contribution >= 0.6 is 0 Å². The number of aryl methyl sites for hydroxylation is 1. The first-order valence-corrected chi connectivity index (χ1v) is 12.1. The molecule has 33 heavy (non-hydrogen) atoms. The van der Waals surface area contributed by atoms with E-state index in [2.05, 4.69) is 5.32 Å². The van der Waals surface area contributed by atoms with Gasteiger partial charge < -0.3 is 10.2 Å². The maximum absolute atomic E-state index is 13.4. The minimum atomic E-state index is -4.14. The van der Waals surface area contributed by atoms with Crippen molar-refractivity contribution in [3.05, 3.63) is 65.2 Å². The van der Waals surface area contributed by atoms with E-state index < -0.39 is 40.0 Å². The average Bonchev–Trinajstić information content (AvgIpc) is 2.91. The van der Waals surface area contributed by atoms with Gasteiger partial charge in [-0.05, 0) is 52.3 Å². The van der Waals surface area contributed by atoms with E-state index in [-0.39, 0.29) is 22.9 Å². The Morgan fingerprint density at radius 2 is 1.76 bits per heavy atom. The van der Waals surface area contributed by atoms with E-state index in [0.717, 1.165) is 11.1 Å². The largest absolute Gasteiger partial charge is 0.350 e. The number of carbonyl (C=O) groups is 3. The number of rotatable bonds is 6. The van der Waals surface area contributed by atoms with E-state index in [4.69, 9.17) is 0 Å². The standard InChI is InChI=1S/C24H29N3O5S/c1-16-9-8-10-18(13-16)14-26(17(2)22(29)25-24(3,4)5)21(28)15-27-23(30)19-11-6-7-12-20(19)33(27,31)32/h6-13,17H,14-15H2,1-5H3,(H,25,29)/t17-/m0/s1. The second-order valence-corrected chi connectivity index (χ2v) is 11.1. The molecule has 1 aliphatic heterocycles. The third-order valence-corrected chi connectivity index (χ3v) is 7.08. The van der Waals surface area contributed by atoms with E-state index in [1.54, 1.807) is 13.0 Å². The smallest absolute Gasteiger partial charge is 0.269 e. The molecular formula is C24H29N3O5S. The van der Waals surface area contributed by atoms with Gasteiger partial charge in [-0.1, -0.05) is 42.0 Å². The number of benzene rings is 2. The lowest BCUT2D eigenvalue weighted by molar-refractivity contribution is -0.141. The summed E-state index contributed by atoms with van der Waals surface area (Å²) in [6, 6.07) is 12.5. The van der Waals surface area contributed by atoms with Crippen LogP contribution in [0.2, 0.25) is 0 Å². The first-order chi connectivity index (χ1) is 15.3. The Kier molecular flexibility index (Phi) is 6.65. The maximum atomic E-state index is 13.4. The van der Waals surface area contributed by atoms with Gasteiger partial charge in [-0.25, -0.2) is 12.7 Å². The van der Waals surface area contributed by atoms with Crippen LogP contribution in [0.5, 0.6) is 0 Å². The molecule has 176 valence electrons. The minimum absolute atomic E-state index is 0.0362. The number of nitrogens with zero attached hydrogens (tertiary/aromatic N) is 2. The van der Waals surface area contributed by atoms with Gasteiger partial charge in [0, 0.05) is 12.1 Å². The van der Waals surface area contributed by atoms with E-state index >= 15 is 0 Å². The lowest BCUT2D eigenvalue weighted by Gasteiger charge is -2.32. The summed E-state index contributed by atoms with van der Waals surface area (Å²) in [4.78, 5) is 40.2. The summed E-state index contributed by atoms with van der Waals surface area (Å²) in [5.41, 5.74) is 1.30. The van der Waals surface area contributed by atoms with Gasteiger partial charge in [-0.2, -0.15) is 0 Å². The van der Waals surface area contributed by atoms with Crippen molar-refractivity contribution in [2.75, 3.05) is 6.54 Å². The average molecular weight is 472 g/mol. The first kappa shape index (κ1) is 24.4. The molecule has 0 bridgehead atoms. The Balaban J connectivity index is 1.91. The lowest BCUT2D eigenvalue weighted by atomic mass is 10.1. The number of hydrogen-bond acceptors (Lipinski definition) is 5. The fraction of sp³-hybridized carbons (Fsp3) is 0.375. The molecule has 1 heterocycles. The predicted molar refractivity (Wildman–Crippen MR) is 124 cm³/mol. The Morgan fingerprint density at radius 1 is 1.09 bits per heavy atom. The normalized spacial score (nSPS) is 15.7. The van der Waals surface area contributed by atoms with E-state index in [0.29, 0.717) is 4.31 Å². The van der Waals surface area contributed by atoms with Gasteiger partial charge in [0.1, 0.15) is 17.5 Å². The van der Waals surface area contributed by atoms with E-state index in [1.165, 1.54) is 23.1 Å². The van der Waals surface area contributed by atoms with Crippen LogP contribution in [-0.2, 0) is 26.2 Å². The Morgan fingerprint density at radius 3 is 2.36 bits per heavy atom. The van der Waals surface area contributed by atoms with Gasteiger partial charge in [-0.3, -0.25) is 14.4 Å². The number of amides is 3. The van der Waals surface area contributed by atoms with Crippen LogP contribution in [0.25, 0.3) is 0 Å². The second-order valence-electron chi connectivity index (χ2n) is 9.24. The summed E-state index contributed by atoms with van der Waals surface area (Å²) in [6.45, 7) is 8.40. The monoisotopic (exact) mass is 471 g/mol. The zero-order chi connectivity index (χ0) is 24.6. The van der Waals surface area contributed by atoms with Gasteiger partial charge in [0.15, 0.2) is 0 Å². The quantitative estimate of drug-likeness (QED) is 0.697. The molecule has 8 nitrogen and oxygen atoms in total. The van der Waals surface area contributed by atoms with Crippen molar-refractivity contribution in [2.24, 2.45) is 0 Å². The molecular weight excluding hydrogens is 442 g/mol. The number of sulfonamides is 1. The molecule has 1 atom stereocenters. The highest BCUT2D eigenvalue weighted by Gasteiger charge is 2.43. The molecule has 0 fully saturated rings. The van der Waals surface area contributed by atoms with Gasteiger partial charge in [0.05, 0.1) is 5.56 Å². The maximum Gasteiger partial charge on any atom is 0.269 e. The number of carbonyl (C=O) groups excluding carboxylic acids is 3. The van der Waals surface area contributed by atoms with Gasteiger partial charge >= 0.3 is 0 Å². The molecule has 1 aliphatic rings. The zero-order valence-corrected chi connectivity index (χ0v) is 20.3. The first-order valence-electron chi connectivity index (χ1n) is 10.6. The number of nitrogens with one attached hydrogen (secondary N) is 1. The fourth-order valence-electron chi connectivity index (χ4n) is 3.66. The lowest BCUT2D eigenvalue weighted by Crippen LogP contribution is -2.54. The molecule has 0 spiro atoms. The van der Waals surface area contributed by atoms with Crippen LogP contribution in [0, 0.1) is 6.92 Å². The highest BCUT2D eigenvalue weighted by atomic mass is 32.2. The second kappa shape index (κ2) is 8.97. The molecule has 0 aromatic heterocycles. The highest BCUT2D eigenvalue weighted by molar-refractivity contribution is 7.90. The summed E-state index contributed by atoms with van der Waals surface area (Å²) < 4.78 is 26.4. The van der Waals surface area contributed by atoms with Crippen LogP contribution in [0.3, 0.4) is 0 Å². The summed E-state index contributed by atoms with van der Waals surface area (Å²) in [6.07, 6.45) is 0. The van der Waals surface area contributed by atoms with Crippen molar-refractivity contribution >= 4 is 27.7 Å². The Labute approximate surface area is 194 Å². The zero-order valence-electron chi connectivity index (χ0n) is 19.5. The van der Waals surface area contributed by atoms with Crippen molar-refractivity contribution in [1.82, 2.24) is 14.5 Å². The topological polar surface area (TPSA) is 104 Å². The van der Waals surface area contributed by atoms with Crippen molar-refractivity contribution in [3.8, 4) is 0 Å². The van der Waals surface area contributed by atoms with Gasteiger partial charge in [0.2, 0.25) is 11.8 Å². The molecule has 2 aromatic carbocycles. The third-order valence-electron chi connectivity index (χ3n) is 5.29. The summed E-state index contributed by atoms with van der Waals surface area (Å²) in [5, 5.41) is 2.85. The fourth-order valence-corrected chi connectivity index (χ4v) is 5.18. The van der Waals surface area contributed by atoms with Crippen LogP contribution in [-0.4, -0.2) is 53.5 Å². The molecule has 0 saturated carbocycles. The van der Waals surface area contributed by atoms with Crippen LogP contribution in [0.4, 0.5) is 0 Å². The van der Waals surface area contributed by atoms with Crippen molar-refractivity contribution in [2.45, 2.75) is 57.6 Å². The molecule has 0 saturated heterocycles. The molecule has 0 radical (unpaired) electrons. The van der Waals surface area contributed by atoms with Gasteiger partial charge in [-0.15, -0.1) is 0 Å². The molecule has 0 unspecified atom stereocenters. The molecule has 2 aromatic rings. The van der Waals surface area contributed by atoms with Gasteiger partial charge in [0.25, 0.3) is 15.9 Å². The highest BCUT2D eigenvalue weighted by Crippen LogP contribution is 2.30. The van der Waals surface area contributed by atoms with E-state index in [1.807, 2.05) is 52.0 Å². The van der Waals surface area contributed by atoms with E-state index in [9.17, 15) is 22.8 Å². The third kappa shape index (κ3) is 5.24. The Bertz CT molecular complexity index is 1200. The number of hydrogen-bond donors (Lipinski definition) is 1. The summed E-state index contributed by atoms with van der Waals surface area (Å²) in [5.74, 6) is -1.76. The molecule has 1 N–H and O–H groups in total. The Hall–Kier alpha value is -3.20.